The van der Waals surface area contributed by atoms with Crippen molar-refractivity contribution < 1.29 is 58.2 Å². The number of aromatic nitrogens is 3. The summed E-state index contributed by atoms with van der Waals surface area (Å²) in [7, 11) is 0. The highest BCUT2D eigenvalue weighted by atomic mass is 32.1. The smallest absolute Gasteiger partial charge is 0.327 e. The summed E-state index contributed by atoms with van der Waals surface area (Å²) in [5, 5.41) is 37.3. The molecule has 2 heterocycles. The maximum Gasteiger partial charge on any atom is 0.327 e. The van der Waals surface area contributed by atoms with Gasteiger partial charge in [-0.05, 0) is 56.2 Å². The Morgan fingerprint density at radius 3 is 1.76 bits per heavy atom. The van der Waals surface area contributed by atoms with E-state index in [-0.39, 0.29) is 63.2 Å². The fraction of sp³-hybridized carbons (Fsp3) is 0.417. The molecule has 0 fully saturated rings. The van der Waals surface area contributed by atoms with Crippen LogP contribution >= 0.6 is 12.6 Å². The van der Waals surface area contributed by atoms with Crippen LogP contribution in [-0.2, 0) is 67.2 Å². The van der Waals surface area contributed by atoms with Gasteiger partial charge >= 0.3 is 11.9 Å². The van der Waals surface area contributed by atoms with E-state index >= 15 is 0 Å². The number of para-hydroxylation sites is 1. The van der Waals surface area contributed by atoms with Crippen molar-refractivity contribution in [2.24, 2.45) is 27.9 Å². The number of carbonyl (C=O) groups excluding carboxylic acids is 8. The van der Waals surface area contributed by atoms with Gasteiger partial charge in [0.25, 0.3) is 0 Å². The van der Waals surface area contributed by atoms with Crippen molar-refractivity contribution in [1.29, 1.82) is 0 Å². The summed E-state index contributed by atoms with van der Waals surface area (Å²) in [4.78, 5) is 146. The van der Waals surface area contributed by atoms with Crippen molar-refractivity contribution in [2.45, 2.75) is 113 Å². The SMILES string of the molecule is C[C@H](NC(=O)[C@H](Cc1cnc[nH]1)NC(=O)[C@H](CCCN=C(N)N)NC(=O)[C@H](Cc1ccccc1)NC(=O)[C@H](CCC(=O)O)NC(=O)[C@@H](N)Cc1c[nH]c2ccccc12)C(=O)N[C@@H](CCC(N)=O)C(=O)N[C@@H](CS)C(=O)O. The van der Waals surface area contributed by atoms with Crippen LogP contribution in [0.4, 0.5) is 0 Å². The summed E-state index contributed by atoms with van der Waals surface area (Å²) in [6.07, 6.45) is 2.33. The summed E-state index contributed by atoms with van der Waals surface area (Å²) in [6, 6.07) is 4.37. The summed E-state index contributed by atoms with van der Waals surface area (Å²) >= 11 is 3.92. The Morgan fingerprint density at radius 1 is 0.632 bits per heavy atom. The standard InChI is InChI=1S/C48H65N15O12S/c1-25(40(67)58-33(13-15-38(50)64)44(71)63-37(23-76)47(74)75)57-45(72)36(20-28-22-53-24-56-28)62-42(69)32(12-7-17-54-48(51)52)60-46(73)35(18-26-8-3-2-4-9-26)61-43(70)34(14-16-39(65)66)59-41(68)30(49)19-27-21-55-31-11-6-5-10-29(27)31/h2-6,8-11,21-22,24-25,30,32-37,55,76H,7,12-20,23,49H2,1H3,(H2,50,64)(H,53,56)(H,57,72)(H,58,67)(H,59,68)(H,60,73)(H,61,70)(H,62,69)(H,63,71)(H,65,66)(H,74,75)(H4,51,52,54)/t25-,30-,32-,33-,34-,35-,36-,37-/m0/s1. The van der Waals surface area contributed by atoms with Gasteiger partial charge in [-0.3, -0.25) is 48.1 Å². The number of guanidine groups is 1. The highest BCUT2D eigenvalue weighted by Gasteiger charge is 2.34. The largest absolute Gasteiger partial charge is 0.481 e. The molecule has 0 saturated heterocycles. The van der Waals surface area contributed by atoms with Crippen LogP contribution < -0.4 is 60.2 Å². The van der Waals surface area contributed by atoms with Crippen LogP contribution in [0.15, 0.2) is 78.3 Å². The van der Waals surface area contributed by atoms with E-state index in [0.29, 0.717) is 11.3 Å². The van der Waals surface area contributed by atoms with Crippen molar-refractivity contribution in [2.75, 3.05) is 12.3 Å². The molecule has 0 aliphatic rings. The van der Waals surface area contributed by atoms with E-state index in [1.807, 2.05) is 24.3 Å². The number of carboxylic acid groups (broad SMARTS) is 2. The van der Waals surface area contributed by atoms with Crippen LogP contribution in [0.5, 0.6) is 0 Å². The van der Waals surface area contributed by atoms with Crippen LogP contribution in [0.2, 0.25) is 0 Å². The first-order chi connectivity index (χ1) is 36.1. The molecule has 8 amide bonds. The van der Waals surface area contributed by atoms with E-state index < -0.39 is 120 Å². The zero-order valence-corrected chi connectivity index (χ0v) is 42.3. The number of hydrogen-bond donors (Lipinski definition) is 16. The van der Waals surface area contributed by atoms with Crippen molar-refractivity contribution in [1.82, 2.24) is 52.2 Å². The van der Waals surface area contributed by atoms with Gasteiger partial charge in [0.15, 0.2) is 5.96 Å². The summed E-state index contributed by atoms with van der Waals surface area (Å²) in [5.74, 6) is -10.4. The Bertz CT molecular complexity index is 2680. The number of amides is 8. The molecule has 0 radical (unpaired) electrons. The number of carbonyl (C=O) groups is 10. The number of aromatic amines is 2. The Morgan fingerprint density at radius 2 is 1.17 bits per heavy atom. The summed E-state index contributed by atoms with van der Waals surface area (Å²) in [5.41, 5.74) is 25.1. The normalized spacial score (nSPS) is 14.1. The highest BCUT2D eigenvalue weighted by molar-refractivity contribution is 7.80. The molecule has 0 aliphatic heterocycles. The lowest BCUT2D eigenvalue weighted by Crippen LogP contribution is -2.60. The number of hydrogen-bond acceptors (Lipinski definition) is 14. The monoisotopic (exact) mass is 1080 g/mol. The zero-order valence-electron chi connectivity index (χ0n) is 41.5. The number of nitrogens with zero attached hydrogens (tertiary/aromatic N) is 2. The molecular weight excluding hydrogens is 1010 g/mol. The molecule has 0 bridgehead atoms. The van der Waals surface area contributed by atoms with Crippen LogP contribution in [0.1, 0.15) is 62.3 Å². The van der Waals surface area contributed by atoms with Crippen LogP contribution in [0.25, 0.3) is 10.9 Å². The Labute approximate surface area is 441 Å². The number of nitrogens with two attached hydrogens (primary N) is 4. The number of H-pyrrole nitrogens is 2. The van der Waals surface area contributed by atoms with Crippen LogP contribution in [0, 0.1) is 0 Å². The predicted octanol–water partition coefficient (Wildman–Crippen LogP) is -3.14. The van der Waals surface area contributed by atoms with Gasteiger partial charge in [-0.15, -0.1) is 0 Å². The second-order valence-electron chi connectivity index (χ2n) is 17.6. The molecule has 4 aromatic rings. The van der Waals surface area contributed by atoms with Gasteiger partial charge in [0, 0.05) is 67.0 Å². The van der Waals surface area contributed by atoms with E-state index in [1.54, 1.807) is 36.5 Å². The third-order valence-electron chi connectivity index (χ3n) is 11.7. The summed E-state index contributed by atoms with van der Waals surface area (Å²) in [6.45, 7) is 1.25. The van der Waals surface area contributed by atoms with E-state index in [2.05, 4.69) is 69.8 Å². The van der Waals surface area contributed by atoms with E-state index in [9.17, 15) is 58.2 Å². The first kappa shape index (κ1) is 60.0. The maximum absolute atomic E-state index is 14.5. The molecule has 4 rings (SSSR count). The van der Waals surface area contributed by atoms with Gasteiger partial charge in [0.05, 0.1) is 12.4 Å². The lowest BCUT2D eigenvalue weighted by molar-refractivity contribution is -0.141. The second-order valence-corrected chi connectivity index (χ2v) is 18.0. The molecule has 19 N–H and O–H groups in total. The number of rotatable bonds is 32. The minimum atomic E-state index is -1.49. The van der Waals surface area contributed by atoms with Crippen molar-refractivity contribution in [3.05, 3.63) is 90.1 Å². The topological polar surface area (TPSA) is 456 Å². The minimum Gasteiger partial charge on any atom is -0.481 e. The molecule has 0 saturated carbocycles. The quantitative estimate of drug-likeness (QED) is 0.00994. The zero-order chi connectivity index (χ0) is 55.9. The number of primary amides is 1. The Kier molecular flexibility index (Phi) is 23.7. The van der Waals surface area contributed by atoms with Crippen LogP contribution in [0.3, 0.4) is 0 Å². The predicted molar refractivity (Wildman–Crippen MR) is 278 cm³/mol. The van der Waals surface area contributed by atoms with Gasteiger partial charge in [-0.1, -0.05) is 48.5 Å². The molecule has 0 aliphatic carbocycles. The van der Waals surface area contributed by atoms with E-state index in [1.165, 1.54) is 19.4 Å². The fourth-order valence-corrected chi connectivity index (χ4v) is 7.86. The van der Waals surface area contributed by atoms with Gasteiger partial charge in [0.1, 0.15) is 42.3 Å². The average Bonchev–Trinajstić information content (AvgIpc) is 4.05. The molecule has 27 nitrogen and oxygen atoms in total. The minimum absolute atomic E-state index is 0.00564. The number of nitrogens with one attached hydrogen (secondary N) is 9. The van der Waals surface area contributed by atoms with Gasteiger partial charge in [-0.25, -0.2) is 9.78 Å². The average molecular weight is 1080 g/mol. The molecule has 28 heteroatoms. The van der Waals surface area contributed by atoms with Gasteiger partial charge in [-0.2, -0.15) is 12.6 Å². The van der Waals surface area contributed by atoms with Gasteiger partial charge in [0.2, 0.25) is 47.3 Å². The second kappa shape index (κ2) is 30.0. The molecule has 2 aromatic carbocycles. The molecule has 76 heavy (non-hydrogen) atoms. The number of carboxylic acids is 2. The molecular formula is C48H65N15O12S. The molecule has 0 unspecified atom stereocenters. The number of fused-ring (bicyclic) bond motifs is 1. The number of aliphatic imine (C=N–C) groups is 1. The van der Waals surface area contributed by atoms with E-state index in [0.717, 1.165) is 16.5 Å². The Hall–Kier alpha value is -8.53. The first-order valence-corrected chi connectivity index (χ1v) is 24.6. The van der Waals surface area contributed by atoms with Crippen molar-refractivity contribution >= 4 is 88.7 Å². The lowest BCUT2D eigenvalue weighted by Gasteiger charge is -2.27. The number of imidazole rings is 1. The maximum atomic E-state index is 14.5. The molecule has 8 atom stereocenters. The Balaban J connectivity index is 1.58. The number of benzene rings is 2. The number of aliphatic carboxylic acids is 2. The van der Waals surface area contributed by atoms with E-state index in [4.69, 9.17) is 22.9 Å². The summed E-state index contributed by atoms with van der Waals surface area (Å²) < 4.78 is 0. The van der Waals surface area contributed by atoms with Crippen LogP contribution in [-0.4, -0.2) is 151 Å². The van der Waals surface area contributed by atoms with Gasteiger partial charge < -0.3 is 80.3 Å². The first-order valence-electron chi connectivity index (χ1n) is 24.0. The molecule has 2 aromatic heterocycles. The third kappa shape index (κ3) is 19.7. The van der Waals surface area contributed by atoms with Crippen molar-refractivity contribution in [3.63, 3.8) is 0 Å². The number of thiol groups is 1. The molecule has 410 valence electrons. The fourth-order valence-electron chi connectivity index (χ4n) is 7.61. The van der Waals surface area contributed by atoms with Crippen molar-refractivity contribution in [3.8, 4) is 0 Å². The lowest BCUT2D eigenvalue weighted by atomic mass is 10.0. The third-order valence-corrected chi connectivity index (χ3v) is 12.1. The molecule has 0 spiro atoms. The highest BCUT2D eigenvalue weighted by Crippen LogP contribution is 2.19.